The molecule has 2 aromatic carbocycles. The van der Waals surface area contributed by atoms with Crippen LogP contribution in [-0.4, -0.2) is 24.6 Å². The van der Waals surface area contributed by atoms with Crippen molar-refractivity contribution >= 4 is 21.7 Å². The molecule has 0 aliphatic carbocycles. The summed E-state index contributed by atoms with van der Waals surface area (Å²) in [5.74, 6) is 1.24. The third-order valence-electron chi connectivity index (χ3n) is 3.69. The lowest BCUT2D eigenvalue weighted by molar-refractivity contribution is -0.0602. The van der Waals surface area contributed by atoms with Crippen molar-refractivity contribution in [2.24, 2.45) is 0 Å². The minimum Gasteiger partial charge on any atom is -0.355 e. The van der Waals surface area contributed by atoms with Gasteiger partial charge in [-0.2, -0.15) is 0 Å². The molecule has 1 aliphatic heterocycles. The average molecular weight is 289 g/mol. The number of ether oxygens (including phenoxy) is 2. The van der Waals surface area contributed by atoms with E-state index in [2.05, 4.69) is 42.5 Å². The van der Waals surface area contributed by atoms with E-state index in [0.717, 1.165) is 13.0 Å². The SMILES string of the molecule is CCOCOC1CCC[S+]1c1cccc2ccccc12. The van der Waals surface area contributed by atoms with Gasteiger partial charge in [0.05, 0.1) is 10.9 Å². The normalized spacial score (nSPS) is 22.4. The predicted molar refractivity (Wildman–Crippen MR) is 85.0 cm³/mol. The van der Waals surface area contributed by atoms with Crippen LogP contribution in [0.2, 0.25) is 0 Å². The summed E-state index contributed by atoms with van der Waals surface area (Å²) in [5.41, 5.74) is 0.326. The van der Waals surface area contributed by atoms with Crippen LogP contribution >= 0.6 is 0 Å². The van der Waals surface area contributed by atoms with Crippen molar-refractivity contribution in [2.45, 2.75) is 30.1 Å². The first-order valence-corrected chi connectivity index (χ1v) is 8.72. The lowest BCUT2D eigenvalue weighted by atomic mass is 10.1. The summed E-state index contributed by atoms with van der Waals surface area (Å²) in [5, 5.41) is 2.71. The zero-order valence-corrected chi connectivity index (χ0v) is 12.7. The Morgan fingerprint density at radius 2 is 2.00 bits per heavy atom. The molecule has 1 heterocycles. The van der Waals surface area contributed by atoms with Crippen LogP contribution in [0, 0.1) is 0 Å². The highest BCUT2D eigenvalue weighted by Gasteiger charge is 2.40. The van der Waals surface area contributed by atoms with Crippen molar-refractivity contribution in [3.63, 3.8) is 0 Å². The molecule has 0 aromatic heterocycles. The molecule has 20 heavy (non-hydrogen) atoms. The third-order valence-corrected chi connectivity index (χ3v) is 6.35. The van der Waals surface area contributed by atoms with Gasteiger partial charge in [0.2, 0.25) is 5.44 Å². The van der Waals surface area contributed by atoms with Gasteiger partial charge in [-0.05, 0) is 30.9 Å². The van der Waals surface area contributed by atoms with Gasteiger partial charge in [0.25, 0.3) is 0 Å². The lowest BCUT2D eigenvalue weighted by Crippen LogP contribution is -2.22. The molecule has 2 aromatic rings. The Bertz CT molecular complexity index is 564. The second kappa shape index (κ2) is 6.61. The summed E-state index contributed by atoms with van der Waals surface area (Å²) < 4.78 is 11.3. The molecule has 2 nitrogen and oxygen atoms in total. The second-order valence-electron chi connectivity index (χ2n) is 4.96. The van der Waals surface area contributed by atoms with Gasteiger partial charge in [-0.25, -0.2) is 0 Å². The number of rotatable bonds is 5. The fraction of sp³-hybridized carbons (Fsp3) is 0.412. The van der Waals surface area contributed by atoms with Gasteiger partial charge in [-0.1, -0.05) is 30.3 Å². The quantitative estimate of drug-likeness (QED) is 0.471. The minimum atomic E-state index is 0.191. The van der Waals surface area contributed by atoms with E-state index in [1.807, 2.05) is 6.92 Å². The first kappa shape index (κ1) is 13.9. The molecule has 0 amide bonds. The Labute approximate surface area is 123 Å². The van der Waals surface area contributed by atoms with E-state index >= 15 is 0 Å². The van der Waals surface area contributed by atoms with E-state index in [4.69, 9.17) is 9.47 Å². The number of benzene rings is 2. The van der Waals surface area contributed by atoms with Crippen LogP contribution in [0.5, 0.6) is 0 Å². The van der Waals surface area contributed by atoms with Gasteiger partial charge < -0.3 is 9.47 Å². The highest BCUT2D eigenvalue weighted by molar-refractivity contribution is 7.97. The van der Waals surface area contributed by atoms with Crippen molar-refractivity contribution in [1.82, 2.24) is 0 Å². The summed E-state index contributed by atoms with van der Waals surface area (Å²) in [6.45, 7) is 3.15. The molecule has 1 aliphatic rings. The maximum Gasteiger partial charge on any atom is 0.225 e. The van der Waals surface area contributed by atoms with E-state index in [0.29, 0.717) is 12.2 Å². The topological polar surface area (TPSA) is 18.5 Å². The van der Waals surface area contributed by atoms with E-state index in [9.17, 15) is 0 Å². The minimum absolute atomic E-state index is 0.191. The standard InChI is InChI=1S/C17H21O2S/c1-2-18-13-19-17-11-6-12-20(17)16-10-5-8-14-7-3-4-9-15(14)16/h3-5,7-10,17H,2,6,11-13H2,1H3/q+1. The van der Waals surface area contributed by atoms with Crippen LogP contribution in [0.4, 0.5) is 0 Å². The molecule has 2 atom stereocenters. The van der Waals surface area contributed by atoms with Crippen LogP contribution in [0.1, 0.15) is 19.8 Å². The van der Waals surface area contributed by atoms with E-state index in [1.165, 1.54) is 27.8 Å². The molecular weight excluding hydrogens is 268 g/mol. The Morgan fingerprint density at radius 3 is 2.90 bits per heavy atom. The molecule has 1 saturated heterocycles. The fourth-order valence-electron chi connectivity index (χ4n) is 2.73. The highest BCUT2D eigenvalue weighted by Crippen LogP contribution is 2.34. The predicted octanol–water partition coefficient (Wildman–Crippen LogP) is 3.95. The zero-order chi connectivity index (χ0) is 13.8. The van der Waals surface area contributed by atoms with Gasteiger partial charge in [0.15, 0.2) is 11.7 Å². The Hall–Kier alpha value is -1.03. The number of hydrogen-bond donors (Lipinski definition) is 0. The van der Waals surface area contributed by atoms with Gasteiger partial charge >= 0.3 is 0 Å². The molecule has 3 rings (SSSR count). The summed E-state index contributed by atoms with van der Waals surface area (Å²) in [4.78, 5) is 1.46. The van der Waals surface area contributed by atoms with Gasteiger partial charge in [-0.15, -0.1) is 0 Å². The van der Waals surface area contributed by atoms with E-state index in [1.54, 1.807) is 0 Å². The van der Waals surface area contributed by atoms with E-state index < -0.39 is 0 Å². The molecule has 0 saturated carbocycles. The van der Waals surface area contributed by atoms with Crippen molar-refractivity contribution in [3.8, 4) is 0 Å². The first-order valence-electron chi connectivity index (χ1n) is 7.27. The highest BCUT2D eigenvalue weighted by atomic mass is 32.2. The molecule has 3 heteroatoms. The Morgan fingerprint density at radius 1 is 1.15 bits per heavy atom. The molecule has 0 N–H and O–H groups in total. The van der Waals surface area contributed by atoms with Gasteiger partial charge in [-0.3, -0.25) is 0 Å². The third kappa shape index (κ3) is 2.85. The number of hydrogen-bond acceptors (Lipinski definition) is 2. The van der Waals surface area contributed by atoms with Gasteiger partial charge in [0.1, 0.15) is 5.75 Å². The molecule has 0 radical (unpaired) electrons. The van der Waals surface area contributed by atoms with Crippen LogP contribution in [0.25, 0.3) is 10.8 Å². The molecule has 0 spiro atoms. The molecule has 106 valence electrons. The monoisotopic (exact) mass is 289 g/mol. The smallest absolute Gasteiger partial charge is 0.225 e. The zero-order valence-electron chi connectivity index (χ0n) is 11.9. The van der Waals surface area contributed by atoms with Crippen molar-refractivity contribution in [1.29, 1.82) is 0 Å². The molecule has 0 bridgehead atoms. The van der Waals surface area contributed by atoms with Gasteiger partial charge in [0, 0.05) is 18.4 Å². The molecule has 1 fully saturated rings. The van der Waals surface area contributed by atoms with Crippen LogP contribution in [-0.2, 0) is 20.4 Å². The summed E-state index contributed by atoms with van der Waals surface area (Å²) in [7, 11) is 0.191. The summed E-state index contributed by atoms with van der Waals surface area (Å²) in [6.07, 6.45) is 2.41. The summed E-state index contributed by atoms with van der Waals surface area (Å²) in [6, 6.07) is 15.3. The Kier molecular flexibility index (Phi) is 4.61. The number of fused-ring (bicyclic) bond motifs is 1. The van der Waals surface area contributed by atoms with Crippen LogP contribution in [0.3, 0.4) is 0 Å². The maximum atomic E-state index is 5.95. The average Bonchev–Trinajstić information content (AvgIpc) is 2.95. The summed E-state index contributed by atoms with van der Waals surface area (Å²) >= 11 is 0. The maximum absolute atomic E-state index is 5.95. The Balaban J connectivity index is 1.86. The largest absolute Gasteiger partial charge is 0.355 e. The van der Waals surface area contributed by atoms with Crippen LogP contribution in [0.15, 0.2) is 47.4 Å². The lowest BCUT2D eigenvalue weighted by Gasteiger charge is -2.13. The van der Waals surface area contributed by atoms with E-state index in [-0.39, 0.29) is 10.9 Å². The van der Waals surface area contributed by atoms with Crippen molar-refractivity contribution in [3.05, 3.63) is 42.5 Å². The second-order valence-corrected chi connectivity index (χ2v) is 7.19. The fourth-order valence-corrected chi connectivity index (χ4v) is 5.36. The molecule has 2 unspecified atom stereocenters. The first-order chi connectivity index (χ1) is 9.90. The van der Waals surface area contributed by atoms with Crippen molar-refractivity contribution < 1.29 is 9.47 Å². The molecular formula is C17H21O2S+. The van der Waals surface area contributed by atoms with Crippen LogP contribution < -0.4 is 0 Å². The van der Waals surface area contributed by atoms with Crippen molar-refractivity contribution in [2.75, 3.05) is 19.2 Å².